The molecule has 28 heavy (non-hydrogen) atoms. The van der Waals surface area contributed by atoms with Crippen LogP contribution < -0.4 is 26.6 Å². The van der Waals surface area contributed by atoms with E-state index < -0.39 is 16.9 Å². The van der Waals surface area contributed by atoms with Crippen LogP contribution in [0, 0.1) is 0 Å². The number of aliphatic hydroxyl groups excluding tert-OH is 1. The highest BCUT2D eigenvalue weighted by Crippen LogP contribution is 2.21. The van der Waals surface area contributed by atoms with Gasteiger partial charge in [-0.3, -0.25) is 18.7 Å². The fourth-order valence-corrected chi connectivity index (χ4v) is 2.64. The molecule has 0 fully saturated rings. The molecule has 6 nitrogen and oxygen atoms in total. The fourth-order valence-electron chi connectivity index (χ4n) is 2.64. The number of para-hydroxylation sites is 1. The first-order valence-corrected chi connectivity index (χ1v) is 8.58. The van der Waals surface area contributed by atoms with Gasteiger partial charge in [0.2, 0.25) is 0 Å². The Labute approximate surface area is 161 Å². The second-order valence-corrected chi connectivity index (χ2v) is 6.22. The van der Waals surface area contributed by atoms with Crippen molar-refractivity contribution in [1.82, 2.24) is 9.13 Å². The lowest BCUT2D eigenvalue weighted by Crippen LogP contribution is -2.57. The number of aromatic nitrogens is 2. The molecule has 0 amide bonds. The molecule has 1 aromatic heterocycles. The maximum atomic E-state index is 12.3. The maximum Gasteiger partial charge on any atom is 0.268 e. The standard InChI is InChI=1S/C22H20N2O4/c1-15-23(2)21(26)20(22(27)24(15)3)19(25)14-11-16-9-12-18(13-10-16)28-17-7-5-4-6-8-17/h4-14,25H,1H2,2-3H3/b14-11+. The van der Waals surface area contributed by atoms with Crippen molar-refractivity contribution in [3.05, 3.63) is 97.6 Å². The van der Waals surface area contributed by atoms with Crippen LogP contribution in [-0.2, 0) is 14.1 Å². The zero-order valence-electron chi connectivity index (χ0n) is 15.6. The van der Waals surface area contributed by atoms with Crippen LogP contribution in [0.1, 0.15) is 5.56 Å². The predicted molar refractivity (Wildman–Crippen MR) is 110 cm³/mol. The highest BCUT2D eigenvalue weighted by molar-refractivity contribution is 5.62. The largest absolute Gasteiger partial charge is 0.507 e. The van der Waals surface area contributed by atoms with Crippen molar-refractivity contribution in [1.29, 1.82) is 0 Å². The minimum Gasteiger partial charge on any atom is -0.507 e. The van der Waals surface area contributed by atoms with Crippen molar-refractivity contribution < 1.29 is 9.84 Å². The van der Waals surface area contributed by atoms with Crippen molar-refractivity contribution in [3.63, 3.8) is 0 Å². The SMILES string of the molecule is C=c1n(C)c(=O)c(=C(O)/C=C/c2ccc(Oc3ccccc3)cc2)c(=O)n1C. The van der Waals surface area contributed by atoms with Gasteiger partial charge in [0, 0.05) is 14.1 Å². The molecule has 0 saturated carbocycles. The van der Waals surface area contributed by atoms with E-state index in [0.29, 0.717) is 5.75 Å². The molecule has 0 aliphatic rings. The lowest BCUT2D eigenvalue weighted by atomic mass is 10.2. The highest BCUT2D eigenvalue weighted by atomic mass is 16.5. The summed E-state index contributed by atoms with van der Waals surface area (Å²) in [6, 6.07) is 16.6. The first-order valence-electron chi connectivity index (χ1n) is 8.58. The quantitative estimate of drug-likeness (QED) is 0.752. The summed E-state index contributed by atoms with van der Waals surface area (Å²) in [7, 11) is 2.99. The molecular formula is C22H20N2O4. The topological polar surface area (TPSA) is 73.5 Å². The molecule has 0 spiro atoms. The van der Waals surface area contributed by atoms with Gasteiger partial charge in [0.25, 0.3) is 11.1 Å². The lowest BCUT2D eigenvalue weighted by molar-refractivity contribution is 0.482. The van der Waals surface area contributed by atoms with Crippen LogP contribution in [0.25, 0.3) is 18.4 Å². The summed E-state index contributed by atoms with van der Waals surface area (Å²) >= 11 is 0. The Kier molecular flexibility index (Phi) is 5.31. The van der Waals surface area contributed by atoms with E-state index in [0.717, 1.165) is 11.3 Å². The Morgan fingerprint density at radius 3 is 2.04 bits per heavy atom. The molecule has 0 saturated heterocycles. The summed E-state index contributed by atoms with van der Waals surface area (Å²) in [5, 5.41) is 10.00. The molecule has 0 radical (unpaired) electrons. The molecule has 0 aliphatic carbocycles. The van der Waals surface area contributed by atoms with Gasteiger partial charge in [0.05, 0.1) is 0 Å². The van der Waals surface area contributed by atoms with Gasteiger partial charge in [0.1, 0.15) is 28.0 Å². The molecule has 142 valence electrons. The van der Waals surface area contributed by atoms with E-state index in [1.54, 1.807) is 30.3 Å². The zero-order valence-corrected chi connectivity index (χ0v) is 15.6. The third-order valence-corrected chi connectivity index (χ3v) is 4.36. The number of hydrogen-bond donors (Lipinski definition) is 1. The molecule has 1 heterocycles. The van der Waals surface area contributed by atoms with Crippen LogP contribution in [-0.4, -0.2) is 14.2 Å². The van der Waals surface area contributed by atoms with Crippen molar-refractivity contribution in [2.24, 2.45) is 14.1 Å². The summed E-state index contributed by atoms with van der Waals surface area (Å²) in [5.41, 5.74) is -0.164. The molecule has 0 bridgehead atoms. The van der Waals surface area contributed by atoms with Crippen LogP contribution >= 0.6 is 0 Å². The van der Waals surface area contributed by atoms with Gasteiger partial charge in [-0.15, -0.1) is 0 Å². The van der Waals surface area contributed by atoms with Crippen LogP contribution in [0.15, 0.2) is 70.3 Å². The number of rotatable bonds is 4. The Balaban J connectivity index is 1.90. The van der Waals surface area contributed by atoms with E-state index in [4.69, 9.17) is 4.74 Å². The van der Waals surface area contributed by atoms with Gasteiger partial charge in [-0.1, -0.05) is 43.0 Å². The Morgan fingerprint density at radius 1 is 0.929 bits per heavy atom. The van der Waals surface area contributed by atoms with Gasteiger partial charge in [-0.05, 0) is 35.9 Å². The molecule has 3 aromatic rings. The summed E-state index contributed by atoms with van der Waals surface area (Å²) in [5.74, 6) is 1.01. The lowest BCUT2D eigenvalue weighted by Gasteiger charge is -2.05. The first kappa shape index (κ1) is 19.0. The second kappa shape index (κ2) is 7.84. The molecule has 0 atom stereocenters. The average Bonchev–Trinajstić information content (AvgIpc) is 2.71. The summed E-state index contributed by atoms with van der Waals surface area (Å²) in [4.78, 5) is 24.6. The van der Waals surface area contributed by atoms with E-state index in [1.807, 2.05) is 30.3 Å². The van der Waals surface area contributed by atoms with Crippen LogP contribution in [0.3, 0.4) is 0 Å². The van der Waals surface area contributed by atoms with Crippen LogP contribution in [0.5, 0.6) is 11.5 Å². The van der Waals surface area contributed by atoms with Gasteiger partial charge in [-0.25, -0.2) is 0 Å². The van der Waals surface area contributed by atoms with Gasteiger partial charge < -0.3 is 9.84 Å². The average molecular weight is 376 g/mol. The minimum absolute atomic E-state index is 0.254. The molecule has 0 aliphatic heterocycles. The van der Waals surface area contributed by atoms with Crippen molar-refractivity contribution in [3.8, 4) is 11.5 Å². The smallest absolute Gasteiger partial charge is 0.268 e. The van der Waals surface area contributed by atoms with Crippen molar-refractivity contribution in [2.45, 2.75) is 0 Å². The van der Waals surface area contributed by atoms with Crippen LogP contribution in [0.4, 0.5) is 0 Å². The fraction of sp³-hybridized carbons (Fsp3) is 0.0909. The second-order valence-electron chi connectivity index (χ2n) is 6.22. The molecule has 3 rings (SSSR count). The number of ether oxygens (including phenoxy) is 1. The first-order chi connectivity index (χ1) is 13.4. The van der Waals surface area contributed by atoms with Crippen molar-refractivity contribution >= 4 is 18.4 Å². The normalized spacial score (nSPS) is 10.9. The number of hydrogen-bond acceptors (Lipinski definition) is 4. The number of aliphatic hydroxyl groups is 1. The van der Waals surface area contributed by atoms with Gasteiger partial charge in [0.15, 0.2) is 0 Å². The predicted octanol–water partition coefficient (Wildman–Crippen LogP) is 1.67. The molecular weight excluding hydrogens is 356 g/mol. The monoisotopic (exact) mass is 376 g/mol. The molecule has 0 unspecified atom stereocenters. The molecule has 1 N–H and O–H groups in total. The third kappa shape index (κ3) is 3.81. The van der Waals surface area contributed by atoms with E-state index in [2.05, 4.69) is 6.58 Å². The highest BCUT2D eigenvalue weighted by Gasteiger charge is 2.07. The van der Waals surface area contributed by atoms with E-state index in [1.165, 1.54) is 29.3 Å². The Hall–Kier alpha value is -3.80. The van der Waals surface area contributed by atoms with Crippen molar-refractivity contribution in [2.75, 3.05) is 0 Å². The molecule has 6 heteroatoms. The number of nitrogens with zero attached hydrogens (tertiary/aromatic N) is 2. The maximum absolute atomic E-state index is 12.3. The minimum atomic E-state index is -0.596. The zero-order chi connectivity index (χ0) is 20.3. The number of benzene rings is 2. The Bertz CT molecular complexity index is 1210. The Morgan fingerprint density at radius 2 is 1.46 bits per heavy atom. The van der Waals surface area contributed by atoms with Gasteiger partial charge >= 0.3 is 0 Å². The third-order valence-electron chi connectivity index (χ3n) is 4.36. The van der Waals surface area contributed by atoms with E-state index in [9.17, 15) is 14.7 Å². The summed E-state index contributed by atoms with van der Waals surface area (Å²) in [6.07, 6.45) is 2.94. The van der Waals surface area contributed by atoms with E-state index >= 15 is 0 Å². The van der Waals surface area contributed by atoms with E-state index in [-0.39, 0.29) is 10.7 Å². The van der Waals surface area contributed by atoms with Gasteiger partial charge in [-0.2, -0.15) is 0 Å². The summed E-state index contributed by atoms with van der Waals surface area (Å²) < 4.78 is 8.16. The van der Waals surface area contributed by atoms with Crippen LogP contribution in [0.2, 0.25) is 0 Å². The molecule has 2 aromatic carbocycles. The summed E-state index contributed by atoms with van der Waals surface area (Å²) in [6.45, 7) is 3.68.